The Kier molecular flexibility index (Phi) is 3.97. The summed E-state index contributed by atoms with van der Waals surface area (Å²) in [6.45, 7) is 2.56. The second kappa shape index (κ2) is 6.29. The largest absolute Gasteiger partial charge is 0.417 e. The molecule has 2 heterocycles. The highest BCUT2D eigenvalue weighted by atomic mass is 35.5. The number of fused-ring (bicyclic) bond motifs is 1. The molecule has 4 rings (SSSR count). The first-order valence-corrected chi connectivity index (χ1v) is 8.41. The Balaban J connectivity index is 1.50. The maximum absolute atomic E-state index is 12.6. The monoisotopic (exact) mass is 357 g/mol. The molecule has 1 N–H and O–H groups in total. The van der Waals surface area contributed by atoms with Gasteiger partial charge in [0, 0.05) is 36.8 Å². The van der Waals surface area contributed by atoms with Crippen molar-refractivity contribution in [2.45, 2.75) is 0 Å². The fourth-order valence-corrected chi connectivity index (χ4v) is 3.26. The normalized spacial score (nSPS) is 14.9. The molecule has 1 aliphatic heterocycles. The molecule has 0 unspecified atom stereocenters. The molecular formula is C18H16ClN3O3. The zero-order valence-corrected chi connectivity index (χ0v) is 14.1. The Hall–Kier alpha value is -2.73. The fraction of sp³-hybridized carbons (Fsp3) is 0.222. The second-order valence-electron chi connectivity index (χ2n) is 5.95. The van der Waals surface area contributed by atoms with Gasteiger partial charge in [-0.1, -0.05) is 17.7 Å². The average Bonchev–Trinajstić information content (AvgIpc) is 3.02. The number of nitrogens with zero attached hydrogens (tertiary/aromatic N) is 2. The number of aromatic amines is 1. The lowest BCUT2D eigenvalue weighted by atomic mass is 10.1. The molecule has 0 atom stereocenters. The number of para-hydroxylation sites is 1. The number of hydrogen-bond donors (Lipinski definition) is 1. The maximum Gasteiger partial charge on any atom is 0.417 e. The van der Waals surface area contributed by atoms with Crippen molar-refractivity contribution in [2.24, 2.45) is 0 Å². The van der Waals surface area contributed by atoms with E-state index < -0.39 is 5.76 Å². The van der Waals surface area contributed by atoms with Crippen LogP contribution in [0.1, 0.15) is 10.4 Å². The van der Waals surface area contributed by atoms with Gasteiger partial charge in [-0.05, 0) is 36.4 Å². The van der Waals surface area contributed by atoms with Gasteiger partial charge in [-0.2, -0.15) is 0 Å². The van der Waals surface area contributed by atoms with Crippen molar-refractivity contribution in [2.75, 3.05) is 31.1 Å². The molecule has 2 aromatic carbocycles. The summed E-state index contributed by atoms with van der Waals surface area (Å²) >= 11 is 5.87. The minimum atomic E-state index is -0.459. The molecule has 0 aliphatic carbocycles. The molecule has 0 saturated carbocycles. The van der Waals surface area contributed by atoms with Crippen molar-refractivity contribution in [3.63, 3.8) is 0 Å². The third-order valence-electron chi connectivity index (χ3n) is 4.42. The van der Waals surface area contributed by atoms with Crippen LogP contribution in [0.5, 0.6) is 0 Å². The van der Waals surface area contributed by atoms with E-state index in [1.165, 1.54) is 0 Å². The number of nitrogens with one attached hydrogen (secondary N) is 1. The van der Waals surface area contributed by atoms with Gasteiger partial charge in [0.1, 0.15) is 0 Å². The average molecular weight is 358 g/mol. The number of amides is 1. The summed E-state index contributed by atoms with van der Waals surface area (Å²) in [5.41, 5.74) is 2.75. The first kappa shape index (κ1) is 15.8. The van der Waals surface area contributed by atoms with Crippen molar-refractivity contribution in [3.05, 3.63) is 63.6 Å². The zero-order valence-electron chi connectivity index (χ0n) is 13.4. The van der Waals surface area contributed by atoms with Gasteiger partial charge in [0.2, 0.25) is 0 Å². The Morgan fingerprint density at radius 3 is 2.48 bits per heavy atom. The number of benzene rings is 2. The van der Waals surface area contributed by atoms with E-state index in [0.717, 1.165) is 5.69 Å². The predicted octanol–water partition coefficient (Wildman–Crippen LogP) is 2.74. The van der Waals surface area contributed by atoms with Crippen molar-refractivity contribution in [1.82, 2.24) is 9.88 Å². The number of anilines is 1. The highest BCUT2D eigenvalue weighted by Gasteiger charge is 2.24. The first-order valence-electron chi connectivity index (χ1n) is 8.03. The maximum atomic E-state index is 12.6. The molecule has 1 amide bonds. The van der Waals surface area contributed by atoms with Crippen molar-refractivity contribution < 1.29 is 9.21 Å². The van der Waals surface area contributed by atoms with Crippen molar-refractivity contribution >= 4 is 34.3 Å². The van der Waals surface area contributed by atoms with Crippen LogP contribution in [0, 0.1) is 0 Å². The number of halogens is 1. The smallest absolute Gasteiger partial charge is 0.406 e. The molecule has 1 aromatic heterocycles. The van der Waals surface area contributed by atoms with Gasteiger partial charge >= 0.3 is 5.76 Å². The number of carbonyl (C=O) groups excluding carboxylic acids is 1. The van der Waals surface area contributed by atoms with Gasteiger partial charge in [-0.3, -0.25) is 9.78 Å². The summed E-state index contributed by atoms with van der Waals surface area (Å²) < 4.78 is 5.26. The first-order chi connectivity index (χ1) is 12.1. The van der Waals surface area contributed by atoms with E-state index >= 15 is 0 Å². The van der Waals surface area contributed by atoms with E-state index in [-0.39, 0.29) is 5.91 Å². The van der Waals surface area contributed by atoms with E-state index in [1.54, 1.807) is 24.3 Å². The quantitative estimate of drug-likeness (QED) is 0.765. The van der Waals surface area contributed by atoms with Gasteiger partial charge in [0.25, 0.3) is 5.91 Å². The van der Waals surface area contributed by atoms with Gasteiger partial charge in [0.15, 0.2) is 5.58 Å². The number of carbonyl (C=O) groups is 1. The number of H-pyrrole nitrogens is 1. The third-order valence-corrected chi connectivity index (χ3v) is 4.68. The van der Waals surface area contributed by atoms with Gasteiger partial charge in [-0.25, -0.2) is 4.79 Å². The lowest BCUT2D eigenvalue weighted by Gasteiger charge is -2.36. The summed E-state index contributed by atoms with van der Waals surface area (Å²) in [6, 6.07) is 12.5. The van der Waals surface area contributed by atoms with Crippen LogP contribution in [-0.2, 0) is 0 Å². The van der Waals surface area contributed by atoms with Gasteiger partial charge in [0.05, 0.1) is 11.2 Å². The molecule has 0 radical (unpaired) electrons. The number of oxazole rings is 1. The molecule has 6 nitrogen and oxygen atoms in total. The van der Waals surface area contributed by atoms with E-state index in [2.05, 4.69) is 9.88 Å². The van der Waals surface area contributed by atoms with Crippen molar-refractivity contribution in [3.8, 4) is 0 Å². The fourth-order valence-electron chi connectivity index (χ4n) is 3.13. The van der Waals surface area contributed by atoms with Crippen molar-refractivity contribution in [1.29, 1.82) is 0 Å². The molecule has 1 aliphatic rings. The zero-order chi connectivity index (χ0) is 17.4. The Morgan fingerprint density at radius 1 is 1.04 bits per heavy atom. The lowest BCUT2D eigenvalue weighted by molar-refractivity contribution is 0.0747. The Morgan fingerprint density at radius 2 is 1.76 bits per heavy atom. The van der Waals surface area contributed by atoms with Crippen LogP contribution in [0.25, 0.3) is 11.1 Å². The number of hydrogen-bond acceptors (Lipinski definition) is 4. The van der Waals surface area contributed by atoms with Crippen LogP contribution in [0.3, 0.4) is 0 Å². The standard InChI is InChI=1S/C18H16ClN3O3/c19-13-6-4-12(5-7-13)17(23)22-10-8-21(9-11-22)15-3-1-2-14-16(15)25-18(24)20-14/h1-7H,8-11H2,(H,20,24). The second-order valence-corrected chi connectivity index (χ2v) is 6.39. The van der Waals surface area contributed by atoms with Gasteiger partial charge < -0.3 is 14.2 Å². The molecule has 0 spiro atoms. The van der Waals surface area contributed by atoms with Crippen LogP contribution in [0.2, 0.25) is 5.02 Å². The topological polar surface area (TPSA) is 69.6 Å². The molecular weight excluding hydrogens is 342 g/mol. The predicted molar refractivity (Wildman–Crippen MR) is 96.4 cm³/mol. The summed E-state index contributed by atoms with van der Waals surface area (Å²) in [5.74, 6) is -0.457. The number of rotatable bonds is 2. The summed E-state index contributed by atoms with van der Waals surface area (Å²) in [7, 11) is 0. The van der Waals surface area contributed by atoms with Gasteiger partial charge in [-0.15, -0.1) is 0 Å². The van der Waals surface area contributed by atoms with E-state index in [9.17, 15) is 9.59 Å². The molecule has 1 saturated heterocycles. The number of aromatic nitrogens is 1. The van der Waals surface area contributed by atoms with Crippen LogP contribution in [0.15, 0.2) is 51.7 Å². The van der Waals surface area contributed by atoms with Crippen LogP contribution in [-0.4, -0.2) is 42.0 Å². The lowest BCUT2D eigenvalue weighted by Crippen LogP contribution is -2.48. The SMILES string of the molecule is O=C(c1ccc(Cl)cc1)N1CCN(c2cccc3[nH]c(=O)oc23)CC1. The Bertz CT molecular complexity index is 969. The molecule has 0 bridgehead atoms. The molecule has 1 fully saturated rings. The molecule has 7 heteroatoms. The minimum absolute atomic E-state index is 0.00250. The molecule has 25 heavy (non-hydrogen) atoms. The minimum Gasteiger partial charge on any atom is -0.406 e. The Labute approximate surface area is 148 Å². The summed E-state index contributed by atoms with van der Waals surface area (Å²) in [4.78, 5) is 30.6. The number of piperazine rings is 1. The van der Waals surface area contributed by atoms with Crippen LogP contribution >= 0.6 is 11.6 Å². The summed E-state index contributed by atoms with van der Waals surface area (Å²) in [6.07, 6.45) is 0. The van der Waals surface area contributed by atoms with E-state index in [0.29, 0.717) is 47.9 Å². The van der Waals surface area contributed by atoms with E-state index in [1.807, 2.05) is 23.1 Å². The molecule has 128 valence electrons. The van der Waals surface area contributed by atoms with E-state index in [4.69, 9.17) is 16.0 Å². The van der Waals surface area contributed by atoms with Crippen LogP contribution < -0.4 is 10.7 Å². The van der Waals surface area contributed by atoms with Crippen LogP contribution in [0.4, 0.5) is 5.69 Å². The highest BCUT2D eigenvalue weighted by molar-refractivity contribution is 6.30. The third kappa shape index (κ3) is 3.00. The highest BCUT2D eigenvalue weighted by Crippen LogP contribution is 2.26. The summed E-state index contributed by atoms with van der Waals surface area (Å²) in [5, 5.41) is 0.613. The molecule has 3 aromatic rings.